The minimum atomic E-state index is -3.34. The first kappa shape index (κ1) is 15.5. The van der Waals surface area contributed by atoms with Crippen LogP contribution in [0.2, 0.25) is 0 Å². The van der Waals surface area contributed by atoms with E-state index in [1.807, 2.05) is 0 Å². The molecule has 0 saturated heterocycles. The number of methoxy groups -OCH3 is 1. The van der Waals surface area contributed by atoms with Gasteiger partial charge in [-0.1, -0.05) is 6.07 Å². The smallest absolute Gasteiger partial charge is 0.251 e. The highest BCUT2D eigenvalue weighted by atomic mass is 32.2. The van der Waals surface area contributed by atoms with Gasteiger partial charge >= 0.3 is 0 Å². The number of carbonyl (C=O) groups excluding carboxylic acids is 1. The molecule has 0 bridgehead atoms. The van der Waals surface area contributed by atoms with E-state index in [1.165, 1.54) is 6.07 Å². The average molecular weight is 286 g/mol. The SMILES string of the molecule is CCS(=O)(=O)Nc1cccc(C(=O)NCCOC)c1. The number of ether oxygens (including phenoxy) is 1. The Labute approximate surface area is 113 Å². The molecule has 0 fully saturated rings. The van der Waals surface area contributed by atoms with E-state index in [4.69, 9.17) is 4.74 Å². The number of benzene rings is 1. The Morgan fingerprint density at radius 2 is 2.11 bits per heavy atom. The number of hydrogen-bond donors (Lipinski definition) is 2. The lowest BCUT2D eigenvalue weighted by molar-refractivity contribution is 0.0937. The Hall–Kier alpha value is -1.60. The molecule has 1 rings (SSSR count). The van der Waals surface area contributed by atoms with Crippen LogP contribution in [0.4, 0.5) is 5.69 Å². The van der Waals surface area contributed by atoms with E-state index in [9.17, 15) is 13.2 Å². The first-order valence-electron chi connectivity index (χ1n) is 5.86. The number of rotatable bonds is 7. The lowest BCUT2D eigenvalue weighted by Gasteiger charge is -2.08. The maximum absolute atomic E-state index is 11.8. The van der Waals surface area contributed by atoms with E-state index in [-0.39, 0.29) is 11.7 Å². The third kappa shape index (κ3) is 5.27. The fourth-order valence-corrected chi connectivity index (χ4v) is 1.97. The zero-order chi connectivity index (χ0) is 14.3. The van der Waals surface area contributed by atoms with Crippen molar-refractivity contribution in [1.82, 2.24) is 5.32 Å². The van der Waals surface area contributed by atoms with Crippen LogP contribution < -0.4 is 10.0 Å². The molecule has 0 spiro atoms. The molecule has 106 valence electrons. The van der Waals surface area contributed by atoms with Crippen LogP contribution in [0.5, 0.6) is 0 Å². The zero-order valence-corrected chi connectivity index (χ0v) is 11.8. The number of hydrogen-bond acceptors (Lipinski definition) is 4. The van der Waals surface area contributed by atoms with E-state index in [0.29, 0.717) is 24.4 Å². The number of anilines is 1. The van der Waals surface area contributed by atoms with Crippen molar-refractivity contribution in [2.24, 2.45) is 0 Å². The monoisotopic (exact) mass is 286 g/mol. The molecular weight excluding hydrogens is 268 g/mol. The summed E-state index contributed by atoms with van der Waals surface area (Å²) in [5.41, 5.74) is 0.772. The van der Waals surface area contributed by atoms with Crippen molar-refractivity contribution < 1.29 is 17.9 Å². The molecule has 1 amide bonds. The average Bonchev–Trinajstić information content (AvgIpc) is 2.39. The third-order valence-corrected chi connectivity index (χ3v) is 3.68. The lowest BCUT2D eigenvalue weighted by atomic mass is 10.2. The summed E-state index contributed by atoms with van der Waals surface area (Å²) < 4.78 is 30.1. The van der Waals surface area contributed by atoms with E-state index in [1.54, 1.807) is 32.2 Å². The normalized spacial score (nSPS) is 11.1. The van der Waals surface area contributed by atoms with Gasteiger partial charge in [-0.05, 0) is 25.1 Å². The summed E-state index contributed by atoms with van der Waals surface area (Å²) in [6.45, 7) is 2.37. The van der Waals surface area contributed by atoms with Crippen molar-refractivity contribution in [3.8, 4) is 0 Å². The van der Waals surface area contributed by atoms with Crippen LogP contribution in [0.1, 0.15) is 17.3 Å². The molecule has 0 aliphatic carbocycles. The second kappa shape index (κ2) is 7.10. The minimum Gasteiger partial charge on any atom is -0.383 e. The number of nitrogens with one attached hydrogen (secondary N) is 2. The molecule has 6 nitrogen and oxygen atoms in total. The van der Waals surface area contributed by atoms with Crippen LogP contribution >= 0.6 is 0 Å². The molecular formula is C12H18N2O4S. The maximum Gasteiger partial charge on any atom is 0.251 e. The van der Waals surface area contributed by atoms with Gasteiger partial charge in [0.15, 0.2) is 0 Å². The van der Waals surface area contributed by atoms with Crippen LogP contribution in [0.15, 0.2) is 24.3 Å². The first-order chi connectivity index (χ1) is 8.98. The van der Waals surface area contributed by atoms with Gasteiger partial charge < -0.3 is 10.1 Å². The van der Waals surface area contributed by atoms with Gasteiger partial charge in [-0.25, -0.2) is 8.42 Å². The molecule has 2 N–H and O–H groups in total. The van der Waals surface area contributed by atoms with Gasteiger partial charge in [0.25, 0.3) is 5.91 Å². The van der Waals surface area contributed by atoms with Gasteiger partial charge in [0.05, 0.1) is 12.4 Å². The van der Waals surface area contributed by atoms with Crippen molar-refractivity contribution in [2.75, 3.05) is 30.7 Å². The van der Waals surface area contributed by atoms with Crippen molar-refractivity contribution in [3.63, 3.8) is 0 Å². The maximum atomic E-state index is 11.8. The van der Waals surface area contributed by atoms with Crippen molar-refractivity contribution in [3.05, 3.63) is 29.8 Å². The minimum absolute atomic E-state index is 0.0166. The standard InChI is InChI=1S/C12H18N2O4S/c1-3-19(16,17)14-11-6-4-5-10(9-11)12(15)13-7-8-18-2/h4-6,9,14H,3,7-8H2,1-2H3,(H,13,15). The molecule has 19 heavy (non-hydrogen) atoms. The summed E-state index contributed by atoms with van der Waals surface area (Å²) in [5.74, 6) is -0.285. The van der Waals surface area contributed by atoms with Gasteiger partial charge in [-0.3, -0.25) is 9.52 Å². The fraction of sp³-hybridized carbons (Fsp3) is 0.417. The summed E-state index contributed by atoms with van der Waals surface area (Å²) in [5, 5.41) is 2.66. The van der Waals surface area contributed by atoms with Crippen LogP contribution in [-0.2, 0) is 14.8 Å². The zero-order valence-electron chi connectivity index (χ0n) is 11.0. The lowest BCUT2D eigenvalue weighted by Crippen LogP contribution is -2.27. The second-order valence-corrected chi connectivity index (χ2v) is 5.85. The van der Waals surface area contributed by atoms with Gasteiger partial charge in [0, 0.05) is 24.9 Å². The molecule has 0 unspecified atom stereocenters. The summed E-state index contributed by atoms with van der Waals surface area (Å²) >= 11 is 0. The first-order valence-corrected chi connectivity index (χ1v) is 7.51. The van der Waals surface area contributed by atoms with Gasteiger partial charge in [0.2, 0.25) is 10.0 Å². The summed E-state index contributed by atoms with van der Waals surface area (Å²) in [7, 11) is -1.79. The Kier molecular flexibility index (Phi) is 5.78. The Morgan fingerprint density at radius 1 is 1.37 bits per heavy atom. The number of carbonyl (C=O) groups is 1. The molecule has 1 aromatic carbocycles. The van der Waals surface area contributed by atoms with E-state index < -0.39 is 10.0 Å². The highest BCUT2D eigenvalue weighted by Crippen LogP contribution is 2.12. The van der Waals surface area contributed by atoms with Crippen molar-refractivity contribution in [2.45, 2.75) is 6.92 Å². The molecule has 0 atom stereocenters. The van der Waals surface area contributed by atoms with Crippen LogP contribution in [-0.4, -0.2) is 40.3 Å². The molecule has 0 radical (unpaired) electrons. The number of sulfonamides is 1. The Morgan fingerprint density at radius 3 is 2.74 bits per heavy atom. The van der Waals surface area contributed by atoms with Crippen LogP contribution in [0.25, 0.3) is 0 Å². The number of amides is 1. The van der Waals surface area contributed by atoms with Gasteiger partial charge in [-0.2, -0.15) is 0 Å². The quantitative estimate of drug-likeness (QED) is 0.727. The van der Waals surface area contributed by atoms with E-state index in [2.05, 4.69) is 10.0 Å². The fourth-order valence-electron chi connectivity index (χ4n) is 1.34. The second-order valence-electron chi connectivity index (χ2n) is 3.83. The predicted octanol–water partition coefficient (Wildman–Crippen LogP) is 0.824. The topological polar surface area (TPSA) is 84.5 Å². The molecule has 7 heteroatoms. The van der Waals surface area contributed by atoms with Crippen molar-refractivity contribution in [1.29, 1.82) is 0 Å². The predicted molar refractivity (Wildman–Crippen MR) is 73.7 cm³/mol. The molecule has 0 aliphatic rings. The summed E-state index contributed by atoms with van der Waals surface area (Å²) in [6, 6.07) is 6.33. The van der Waals surface area contributed by atoms with Gasteiger partial charge in [0.1, 0.15) is 0 Å². The molecule has 0 heterocycles. The van der Waals surface area contributed by atoms with Crippen molar-refractivity contribution >= 4 is 21.6 Å². The molecule has 0 saturated carbocycles. The third-order valence-electron chi connectivity index (χ3n) is 2.37. The summed E-state index contributed by atoms with van der Waals surface area (Å²) in [4.78, 5) is 11.8. The largest absolute Gasteiger partial charge is 0.383 e. The van der Waals surface area contributed by atoms with E-state index >= 15 is 0 Å². The highest BCUT2D eigenvalue weighted by Gasteiger charge is 2.09. The Bertz CT molecular complexity index is 528. The van der Waals surface area contributed by atoms with Gasteiger partial charge in [-0.15, -0.1) is 0 Å². The van der Waals surface area contributed by atoms with E-state index in [0.717, 1.165) is 0 Å². The Balaban J connectivity index is 2.74. The highest BCUT2D eigenvalue weighted by molar-refractivity contribution is 7.92. The van der Waals surface area contributed by atoms with Crippen LogP contribution in [0, 0.1) is 0 Å². The molecule has 0 aromatic heterocycles. The molecule has 0 aliphatic heterocycles. The molecule has 1 aromatic rings. The van der Waals surface area contributed by atoms with Crippen LogP contribution in [0.3, 0.4) is 0 Å². The summed E-state index contributed by atoms with van der Waals surface area (Å²) in [6.07, 6.45) is 0.